The molecule has 0 amide bonds. The Hall–Kier alpha value is -2.37. The zero-order valence-corrected chi connectivity index (χ0v) is 17.3. The lowest BCUT2D eigenvalue weighted by atomic mass is 9.94. The molecular weight excluding hydrogens is 390 g/mol. The van der Waals surface area contributed by atoms with Crippen LogP contribution < -0.4 is 4.74 Å². The molecule has 5 nitrogen and oxygen atoms in total. The van der Waals surface area contributed by atoms with Crippen LogP contribution in [0.4, 0.5) is 0 Å². The number of piperidine rings is 1. The molecule has 0 unspecified atom stereocenters. The van der Waals surface area contributed by atoms with E-state index < -0.39 is 5.97 Å². The molecule has 0 aliphatic carbocycles. The normalized spacial score (nSPS) is 16.6. The highest BCUT2D eigenvalue weighted by Gasteiger charge is 2.27. The van der Waals surface area contributed by atoms with E-state index in [2.05, 4.69) is 4.90 Å². The number of aryl methyl sites for hydroxylation is 1. The lowest BCUT2D eigenvalue weighted by Gasteiger charge is -2.34. The summed E-state index contributed by atoms with van der Waals surface area (Å²) in [7, 11) is 0. The average Bonchev–Trinajstić information content (AvgIpc) is 2.73. The van der Waals surface area contributed by atoms with Crippen molar-refractivity contribution in [2.45, 2.75) is 38.1 Å². The van der Waals surface area contributed by atoms with Gasteiger partial charge in [-0.25, -0.2) is 4.79 Å². The first-order chi connectivity index (χ1) is 13.6. The summed E-state index contributed by atoms with van der Waals surface area (Å²) < 4.78 is 5.80. The van der Waals surface area contributed by atoms with Gasteiger partial charge >= 0.3 is 5.97 Å². The van der Waals surface area contributed by atoms with E-state index in [1.54, 1.807) is 24.3 Å². The van der Waals surface area contributed by atoms with Gasteiger partial charge in [0, 0.05) is 13.0 Å². The topological polar surface area (TPSA) is 66.8 Å². The molecule has 2 aromatic carbocycles. The Morgan fingerprint density at radius 3 is 2.45 bits per heavy atom. The number of carboxylic acid groups (broad SMARTS) is 1. The fourth-order valence-corrected chi connectivity index (χ4v) is 3.67. The number of hydrogen-bond acceptors (Lipinski definition) is 4. The van der Waals surface area contributed by atoms with Crippen molar-refractivity contribution >= 4 is 24.2 Å². The van der Waals surface area contributed by atoms with Gasteiger partial charge in [-0.15, -0.1) is 12.4 Å². The fourth-order valence-electron chi connectivity index (χ4n) is 3.67. The number of likely N-dealkylation sites (tertiary alicyclic amines) is 1. The number of Topliss-reactive ketones (excluding diaryl/α,β-unsaturated/α-hetero) is 1. The molecule has 0 radical (unpaired) electrons. The molecule has 3 rings (SSSR count). The van der Waals surface area contributed by atoms with Gasteiger partial charge in [-0.2, -0.15) is 0 Å². The molecule has 0 aromatic heterocycles. The summed E-state index contributed by atoms with van der Waals surface area (Å²) in [4.78, 5) is 26.0. The van der Waals surface area contributed by atoms with Crippen molar-refractivity contribution in [3.8, 4) is 5.75 Å². The first kappa shape index (κ1) is 22.9. The second-order valence-electron chi connectivity index (χ2n) is 7.18. The Labute approximate surface area is 178 Å². The van der Waals surface area contributed by atoms with E-state index in [4.69, 9.17) is 9.84 Å². The van der Waals surface area contributed by atoms with Gasteiger partial charge in [0.2, 0.25) is 0 Å². The number of rotatable bonds is 9. The molecule has 29 heavy (non-hydrogen) atoms. The van der Waals surface area contributed by atoms with E-state index in [1.165, 1.54) is 0 Å². The molecule has 1 N–H and O–H groups in total. The molecule has 6 heteroatoms. The molecule has 1 atom stereocenters. The van der Waals surface area contributed by atoms with Crippen LogP contribution in [0.2, 0.25) is 0 Å². The van der Waals surface area contributed by atoms with Crippen molar-refractivity contribution < 1.29 is 19.4 Å². The van der Waals surface area contributed by atoms with Gasteiger partial charge in [0.1, 0.15) is 18.1 Å². The van der Waals surface area contributed by atoms with Crippen LogP contribution in [0.5, 0.6) is 5.75 Å². The molecule has 0 saturated carbocycles. The molecule has 1 aliphatic rings. The zero-order valence-electron chi connectivity index (χ0n) is 16.5. The second-order valence-corrected chi connectivity index (χ2v) is 7.18. The number of halogens is 1. The smallest absolute Gasteiger partial charge is 0.335 e. The molecule has 0 spiro atoms. The van der Waals surface area contributed by atoms with Gasteiger partial charge in [0.05, 0.1) is 11.6 Å². The lowest BCUT2D eigenvalue weighted by Crippen LogP contribution is -2.46. The number of ether oxygens (including phenoxy) is 1. The van der Waals surface area contributed by atoms with Gasteiger partial charge in [0.15, 0.2) is 0 Å². The highest BCUT2D eigenvalue weighted by atomic mass is 35.5. The van der Waals surface area contributed by atoms with Crippen molar-refractivity contribution in [1.29, 1.82) is 0 Å². The molecule has 1 fully saturated rings. The minimum absolute atomic E-state index is 0. The average molecular weight is 418 g/mol. The van der Waals surface area contributed by atoms with E-state index in [1.807, 2.05) is 30.3 Å². The largest absolute Gasteiger partial charge is 0.492 e. The van der Waals surface area contributed by atoms with E-state index in [9.17, 15) is 9.59 Å². The summed E-state index contributed by atoms with van der Waals surface area (Å²) >= 11 is 0. The minimum atomic E-state index is -0.932. The number of ketones is 1. The molecule has 1 saturated heterocycles. The van der Waals surface area contributed by atoms with Gasteiger partial charge < -0.3 is 9.84 Å². The highest BCUT2D eigenvalue weighted by Crippen LogP contribution is 2.20. The third-order valence-corrected chi connectivity index (χ3v) is 5.24. The zero-order chi connectivity index (χ0) is 19.8. The highest BCUT2D eigenvalue weighted by molar-refractivity contribution is 5.87. The maximum atomic E-state index is 12.8. The van der Waals surface area contributed by atoms with Crippen LogP contribution in [0.15, 0.2) is 54.6 Å². The van der Waals surface area contributed by atoms with Crippen LogP contribution in [0.1, 0.15) is 41.6 Å². The quantitative estimate of drug-likeness (QED) is 0.660. The molecule has 1 heterocycles. The van der Waals surface area contributed by atoms with E-state index in [0.29, 0.717) is 19.4 Å². The molecular formula is C23H28ClNO4. The number of carbonyl (C=O) groups is 2. The van der Waals surface area contributed by atoms with Crippen molar-refractivity contribution in [1.82, 2.24) is 4.90 Å². The predicted molar refractivity (Wildman–Crippen MR) is 115 cm³/mol. The Balaban J connectivity index is 0.00000300. The fraction of sp³-hybridized carbons (Fsp3) is 0.391. The van der Waals surface area contributed by atoms with Crippen molar-refractivity contribution in [3.63, 3.8) is 0 Å². The van der Waals surface area contributed by atoms with Crippen molar-refractivity contribution in [2.24, 2.45) is 0 Å². The number of carbonyl (C=O) groups excluding carboxylic acids is 1. The monoisotopic (exact) mass is 417 g/mol. The predicted octanol–water partition coefficient (Wildman–Crippen LogP) is 4.24. The van der Waals surface area contributed by atoms with Crippen LogP contribution in [-0.2, 0) is 11.2 Å². The standard InChI is InChI=1S/C23H27NO4.ClH/c25-22(14-11-18-9-12-19(13-10-18)23(26)27)21-8-4-5-15-24(21)16-17-28-20-6-2-1-3-7-20;/h1-3,6-7,9-10,12-13,21H,4-5,8,11,14-17H2,(H,26,27);1H/t21-;/m1./s1. The van der Waals surface area contributed by atoms with Gasteiger partial charge in [-0.05, 0) is 55.6 Å². The van der Waals surface area contributed by atoms with Crippen molar-refractivity contribution in [2.75, 3.05) is 19.7 Å². The summed E-state index contributed by atoms with van der Waals surface area (Å²) in [5, 5.41) is 8.97. The maximum absolute atomic E-state index is 12.8. The van der Waals surface area contributed by atoms with E-state index in [0.717, 1.165) is 43.7 Å². The Kier molecular flexibility index (Phi) is 9.16. The minimum Gasteiger partial charge on any atom is -0.492 e. The third-order valence-electron chi connectivity index (χ3n) is 5.24. The summed E-state index contributed by atoms with van der Waals surface area (Å²) in [6.45, 7) is 2.25. The summed E-state index contributed by atoms with van der Waals surface area (Å²) in [5.41, 5.74) is 1.26. The number of carboxylic acids is 1. The molecule has 2 aromatic rings. The molecule has 0 bridgehead atoms. The van der Waals surface area contributed by atoms with Gasteiger partial charge in [-0.3, -0.25) is 9.69 Å². The Morgan fingerprint density at radius 1 is 1.03 bits per heavy atom. The lowest BCUT2D eigenvalue weighted by molar-refractivity contribution is -0.125. The Bertz CT molecular complexity index is 779. The number of hydrogen-bond donors (Lipinski definition) is 1. The van der Waals surface area contributed by atoms with Crippen LogP contribution in [-0.4, -0.2) is 47.5 Å². The van der Waals surface area contributed by atoms with Crippen LogP contribution in [0, 0.1) is 0 Å². The molecule has 1 aliphatic heterocycles. The van der Waals surface area contributed by atoms with Crippen LogP contribution in [0.3, 0.4) is 0 Å². The van der Waals surface area contributed by atoms with Crippen LogP contribution >= 0.6 is 12.4 Å². The summed E-state index contributed by atoms with van der Waals surface area (Å²) in [6.07, 6.45) is 4.23. The molecule has 156 valence electrons. The first-order valence-electron chi connectivity index (χ1n) is 9.90. The van der Waals surface area contributed by atoms with Crippen molar-refractivity contribution in [3.05, 3.63) is 65.7 Å². The van der Waals surface area contributed by atoms with Crippen LogP contribution in [0.25, 0.3) is 0 Å². The maximum Gasteiger partial charge on any atom is 0.335 e. The summed E-state index contributed by atoms with van der Waals surface area (Å²) in [5.74, 6) is 0.187. The Morgan fingerprint density at radius 2 is 1.76 bits per heavy atom. The number of benzene rings is 2. The second kappa shape index (κ2) is 11.6. The van der Waals surface area contributed by atoms with E-state index >= 15 is 0 Å². The summed E-state index contributed by atoms with van der Waals surface area (Å²) in [6, 6.07) is 16.5. The SMILES string of the molecule is Cl.O=C(O)c1ccc(CCC(=O)[C@H]2CCCCN2CCOc2ccccc2)cc1. The van der Waals surface area contributed by atoms with Gasteiger partial charge in [-0.1, -0.05) is 36.8 Å². The third kappa shape index (κ3) is 6.87. The van der Waals surface area contributed by atoms with E-state index in [-0.39, 0.29) is 29.8 Å². The first-order valence-corrected chi connectivity index (χ1v) is 9.90. The number of aromatic carboxylic acids is 1. The van der Waals surface area contributed by atoms with Gasteiger partial charge in [0.25, 0.3) is 0 Å². The number of nitrogens with zero attached hydrogens (tertiary/aromatic N) is 1. The number of para-hydroxylation sites is 1.